The summed E-state index contributed by atoms with van der Waals surface area (Å²) in [5.74, 6) is 1.60. The SMILES string of the molecule is C.C.C.COc1ccc(N=Cc2ccccc2)cc1.Clc1ccc(Br)c(CC2=NC(c3ccccc3)Oc3cc(Cl)ccc32)c1.N=C(Cc1cc(Cl)ccc1Br)c1ccc(Cl)cc1O. The summed E-state index contributed by atoms with van der Waals surface area (Å²) in [4.78, 5) is 9.25. The predicted molar refractivity (Wildman–Crippen MR) is 280 cm³/mol. The van der Waals surface area contributed by atoms with Gasteiger partial charge in [0.2, 0.25) is 6.23 Å². The van der Waals surface area contributed by atoms with Gasteiger partial charge in [-0.25, -0.2) is 4.99 Å². The number of ether oxygens (including phenoxy) is 2. The van der Waals surface area contributed by atoms with Gasteiger partial charge in [-0.05, 0) is 114 Å². The first-order chi connectivity index (χ1) is 29.4. The minimum Gasteiger partial charge on any atom is -0.507 e. The monoisotopic (exact) mass is 1060 g/mol. The average Bonchev–Trinajstić information content (AvgIpc) is 3.26. The number of fused-ring (bicyclic) bond motifs is 1. The molecule has 0 radical (unpaired) electrons. The second-order valence-electron chi connectivity index (χ2n) is 13.4. The molecule has 0 spiro atoms. The van der Waals surface area contributed by atoms with Crippen molar-refractivity contribution in [3.8, 4) is 17.2 Å². The van der Waals surface area contributed by atoms with Gasteiger partial charge in [-0.15, -0.1) is 0 Å². The molecule has 1 aliphatic heterocycles. The van der Waals surface area contributed by atoms with Crippen molar-refractivity contribution in [2.24, 2.45) is 9.98 Å². The third-order valence-corrected chi connectivity index (χ3v) is 11.6. The molecule has 0 amide bonds. The lowest BCUT2D eigenvalue weighted by atomic mass is 9.99. The fourth-order valence-corrected chi connectivity index (χ4v) is 7.52. The largest absolute Gasteiger partial charge is 0.507 e. The summed E-state index contributed by atoms with van der Waals surface area (Å²) in [6, 6.07) is 49.2. The van der Waals surface area contributed by atoms with E-state index in [4.69, 9.17) is 66.3 Å². The van der Waals surface area contributed by atoms with Gasteiger partial charge >= 0.3 is 0 Å². The lowest BCUT2D eigenvalue weighted by Gasteiger charge is -2.25. The Hall–Kier alpha value is -4.93. The number of nitrogens with one attached hydrogen (secondary N) is 1. The number of nitrogens with zero attached hydrogens (tertiary/aromatic N) is 2. The Balaban J connectivity index is 0.000000258. The zero-order chi connectivity index (χ0) is 43.3. The molecule has 1 aliphatic rings. The molecule has 64 heavy (non-hydrogen) atoms. The number of hydrogen-bond acceptors (Lipinski definition) is 6. The first-order valence-electron chi connectivity index (χ1n) is 18.7. The molecule has 8 rings (SSSR count). The Morgan fingerprint density at radius 3 is 1.88 bits per heavy atom. The number of methoxy groups -OCH3 is 1. The molecule has 2 N–H and O–H groups in total. The highest BCUT2D eigenvalue weighted by Crippen LogP contribution is 2.36. The van der Waals surface area contributed by atoms with Crippen molar-refractivity contribution in [2.75, 3.05) is 7.11 Å². The van der Waals surface area contributed by atoms with Crippen LogP contribution in [0.5, 0.6) is 17.2 Å². The molecular formula is C52H49Br2Cl4N3O3. The van der Waals surface area contributed by atoms with Crippen LogP contribution in [0.4, 0.5) is 5.69 Å². The first kappa shape index (κ1) is 53.4. The fourth-order valence-electron chi connectivity index (χ4n) is 6.03. The van der Waals surface area contributed by atoms with Crippen molar-refractivity contribution in [3.63, 3.8) is 0 Å². The van der Waals surface area contributed by atoms with E-state index >= 15 is 0 Å². The summed E-state index contributed by atoms with van der Waals surface area (Å²) in [7, 11) is 1.66. The highest BCUT2D eigenvalue weighted by Gasteiger charge is 2.24. The van der Waals surface area contributed by atoms with Crippen molar-refractivity contribution in [1.82, 2.24) is 0 Å². The Morgan fingerprint density at radius 2 is 1.25 bits per heavy atom. The maximum Gasteiger partial charge on any atom is 0.216 e. The van der Waals surface area contributed by atoms with E-state index in [9.17, 15) is 5.11 Å². The average molecular weight is 1070 g/mol. The summed E-state index contributed by atoms with van der Waals surface area (Å²) in [6.07, 6.45) is 2.47. The summed E-state index contributed by atoms with van der Waals surface area (Å²) >= 11 is 31.1. The topological polar surface area (TPSA) is 87.3 Å². The van der Waals surface area contributed by atoms with Crippen LogP contribution in [0.3, 0.4) is 0 Å². The Labute approximate surface area is 414 Å². The van der Waals surface area contributed by atoms with E-state index in [2.05, 4.69) is 36.9 Å². The highest BCUT2D eigenvalue weighted by molar-refractivity contribution is 9.10. The summed E-state index contributed by atoms with van der Waals surface area (Å²) in [5, 5.41) is 20.3. The van der Waals surface area contributed by atoms with Crippen LogP contribution in [0, 0.1) is 5.41 Å². The third-order valence-electron chi connectivity index (χ3n) is 9.11. The van der Waals surface area contributed by atoms with Crippen LogP contribution in [0.2, 0.25) is 20.1 Å². The van der Waals surface area contributed by atoms with Crippen molar-refractivity contribution in [2.45, 2.75) is 41.3 Å². The number of halogens is 6. The fraction of sp³-hybridized carbons (Fsp3) is 0.135. The van der Waals surface area contributed by atoms with Crippen molar-refractivity contribution < 1.29 is 14.6 Å². The molecule has 1 heterocycles. The molecule has 0 fully saturated rings. The maximum atomic E-state index is 9.80. The van der Waals surface area contributed by atoms with Gasteiger partial charge < -0.3 is 20.0 Å². The molecule has 1 unspecified atom stereocenters. The predicted octanol–water partition coefficient (Wildman–Crippen LogP) is 17.3. The molecule has 7 aromatic rings. The lowest BCUT2D eigenvalue weighted by Crippen LogP contribution is -2.19. The molecule has 0 saturated carbocycles. The maximum absolute atomic E-state index is 9.80. The summed E-state index contributed by atoms with van der Waals surface area (Å²) in [5.41, 5.74) is 7.66. The summed E-state index contributed by atoms with van der Waals surface area (Å²) in [6.45, 7) is 0. The van der Waals surface area contributed by atoms with E-state index < -0.39 is 6.23 Å². The molecule has 12 heteroatoms. The van der Waals surface area contributed by atoms with Gasteiger partial charge in [0, 0.05) is 70.5 Å². The summed E-state index contributed by atoms with van der Waals surface area (Å²) < 4.78 is 13.1. The molecule has 0 aliphatic carbocycles. The number of rotatable bonds is 9. The van der Waals surface area contributed by atoms with E-state index in [-0.39, 0.29) is 28.0 Å². The number of hydrogen-bond donors (Lipinski definition) is 2. The van der Waals surface area contributed by atoms with Gasteiger partial charge in [0.15, 0.2) is 0 Å². The minimum atomic E-state index is -0.393. The van der Waals surface area contributed by atoms with E-state index in [1.54, 1.807) is 31.4 Å². The molecular weight excluding hydrogens is 1020 g/mol. The normalized spacial score (nSPS) is 12.2. The van der Waals surface area contributed by atoms with Crippen LogP contribution in [-0.2, 0) is 12.8 Å². The van der Waals surface area contributed by atoms with Gasteiger partial charge in [0.1, 0.15) is 17.2 Å². The van der Waals surface area contributed by atoms with Crippen LogP contribution >= 0.6 is 78.3 Å². The van der Waals surface area contributed by atoms with Crippen molar-refractivity contribution in [1.29, 1.82) is 5.41 Å². The number of phenolic OH excluding ortho intramolecular Hbond substituents is 1. The quantitative estimate of drug-likeness (QED) is 0.141. The van der Waals surface area contributed by atoms with Crippen molar-refractivity contribution in [3.05, 3.63) is 220 Å². The minimum absolute atomic E-state index is 0. The van der Waals surface area contributed by atoms with Crippen LogP contribution in [0.25, 0.3) is 0 Å². The zero-order valence-electron chi connectivity index (χ0n) is 32.5. The van der Waals surface area contributed by atoms with Crippen LogP contribution < -0.4 is 9.47 Å². The van der Waals surface area contributed by atoms with Gasteiger partial charge in [-0.2, -0.15) is 0 Å². The smallest absolute Gasteiger partial charge is 0.216 e. The van der Waals surface area contributed by atoms with Crippen LogP contribution in [0.1, 0.15) is 61.9 Å². The Bertz CT molecular complexity index is 2670. The standard InChI is InChI=1S/C21H14BrCl2NO.C14H10BrCl2NO.C14H13NO.3CH4/c22-18-9-7-15(23)10-14(18)11-19-17-8-6-16(24)12-20(17)26-21(25-19)13-4-2-1-3-5-13;15-12-4-2-9(16)5-8(12)6-13(18)11-3-1-10(17)7-14(11)19;1-16-14-9-7-13(8-10-14)15-11-12-5-3-2-4-6-12;;;/h1-10,12,21H,11H2;1-5,7,18-19H,6H2;2-11H,1H3;3*1H4. The molecule has 0 saturated heterocycles. The van der Waals surface area contributed by atoms with Gasteiger partial charge in [-0.3, -0.25) is 4.99 Å². The van der Waals surface area contributed by atoms with Crippen molar-refractivity contribution >= 4 is 102 Å². The van der Waals surface area contributed by atoms with Gasteiger partial charge in [0.05, 0.1) is 18.5 Å². The van der Waals surface area contributed by atoms with Gasteiger partial charge in [0.25, 0.3) is 0 Å². The molecule has 0 bridgehead atoms. The number of benzene rings is 7. The highest BCUT2D eigenvalue weighted by atomic mass is 79.9. The van der Waals surface area contributed by atoms with E-state index in [0.717, 1.165) is 59.7 Å². The third kappa shape index (κ3) is 15.4. The van der Waals surface area contributed by atoms with Crippen LogP contribution in [-0.4, -0.2) is 29.9 Å². The molecule has 1 atom stereocenters. The molecule has 6 nitrogen and oxygen atoms in total. The number of aliphatic imine (C=N–C) groups is 2. The van der Waals surface area contributed by atoms with E-state index in [0.29, 0.717) is 44.2 Å². The van der Waals surface area contributed by atoms with Gasteiger partial charge in [-0.1, -0.05) is 161 Å². The second-order valence-corrected chi connectivity index (χ2v) is 16.9. The van der Waals surface area contributed by atoms with E-state index in [1.807, 2.05) is 134 Å². The lowest BCUT2D eigenvalue weighted by molar-refractivity contribution is 0.210. The first-order valence-corrected chi connectivity index (χ1v) is 21.8. The molecule has 332 valence electrons. The van der Waals surface area contributed by atoms with E-state index in [1.165, 1.54) is 6.07 Å². The van der Waals surface area contributed by atoms with Crippen LogP contribution in [0.15, 0.2) is 177 Å². The molecule has 0 aromatic heterocycles. The molecule has 7 aromatic carbocycles. The number of phenols is 1. The second kappa shape index (κ2) is 26.1. The Morgan fingerprint density at radius 1 is 0.703 bits per heavy atom. The zero-order valence-corrected chi connectivity index (χ0v) is 38.7. The Kier molecular flexibility index (Phi) is 21.8. The number of aromatic hydroxyl groups is 1.